The number of hydrazine groups is 1. The normalized spacial score (nSPS) is 19.2. The summed E-state index contributed by atoms with van der Waals surface area (Å²) in [6.07, 6.45) is 8.19. The number of likely N-dealkylation sites (N-methyl/N-ethyl adjacent to an activating group) is 1. The lowest BCUT2D eigenvalue weighted by Crippen LogP contribution is -2.57. The summed E-state index contributed by atoms with van der Waals surface area (Å²) in [6, 6.07) is 7.87. The zero-order valence-electron chi connectivity index (χ0n) is 15.7. The van der Waals surface area contributed by atoms with E-state index in [2.05, 4.69) is 10.4 Å². The average molecular weight is 356 g/mol. The molecular weight excluding hydrogens is 328 g/mol. The number of benzene rings is 1. The van der Waals surface area contributed by atoms with Gasteiger partial charge in [0.15, 0.2) is 0 Å². The number of rotatable bonds is 3. The molecule has 0 radical (unpaired) electrons. The first kappa shape index (κ1) is 18.4. The number of hydrogen-bond acceptors (Lipinski definition) is 4. The van der Waals surface area contributed by atoms with Gasteiger partial charge < -0.3 is 4.90 Å². The fourth-order valence-electron chi connectivity index (χ4n) is 3.59. The van der Waals surface area contributed by atoms with Gasteiger partial charge in [-0.05, 0) is 31.9 Å². The number of hydrogen-bond donors (Lipinski definition) is 1. The number of anilines is 1. The highest BCUT2D eigenvalue weighted by Crippen LogP contribution is 2.21. The number of nitrogens with zero attached hydrogens (tertiary/aromatic N) is 3. The smallest absolute Gasteiger partial charge is 0.290 e. The minimum absolute atomic E-state index is 0.0134. The largest absolute Gasteiger partial charge is 0.336 e. The van der Waals surface area contributed by atoms with Crippen molar-refractivity contribution in [2.75, 3.05) is 18.6 Å². The van der Waals surface area contributed by atoms with E-state index in [1.54, 1.807) is 4.90 Å². The van der Waals surface area contributed by atoms with Gasteiger partial charge in [0.05, 0.1) is 5.69 Å². The van der Waals surface area contributed by atoms with Crippen molar-refractivity contribution in [1.82, 2.24) is 10.3 Å². The standard InChI is InChI=1S/C20H28N4O2/c1-15-10-12-17(13-11-15)24-18(25)14-21-19(22-24)20(26)23(2)16-8-6-4-3-5-7-9-16/h10-13,16H,3-9,14H2,1-2H3,(H,21,22). The van der Waals surface area contributed by atoms with Crippen molar-refractivity contribution in [2.24, 2.45) is 4.99 Å². The Labute approximate surface area is 155 Å². The van der Waals surface area contributed by atoms with E-state index in [0.717, 1.165) is 36.9 Å². The molecule has 1 saturated carbocycles. The fourth-order valence-corrected chi connectivity index (χ4v) is 3.59. The highest BCUT2D eigenvalue weighted by molar-refractivity contribution is 6.39. The second-order valence-electron chi connectivity index (χ2n) is 7.26. The summed E-state index contributed by atoms with van der Waals surface area (Å²) in [4.78, 5) is 31.2. The Morgan fingerprint density at radius 2 is 1.73 bits per heavy atom. The van der Waals surface area contributed by atoms with E-state index >= 15 is 0 Å². The number of aryl methyl sites for hydroxylation is 1. The van der Waals surface area contributed by atoms with Crippen LogP contribution in [0.15, 0.2) is 29.3 Å². The van der Waals surface area contributed by atoms with Gasteiger partial charge in [-0.3, -0.25) is 20.0 Å². The Bertz CT molecular complexity index is 676. The SMILES string of the molecule is Cc1ccc(N2NC(C(=O)N(C)C3CCCCCCC3)=NCC2=O)cc1. The minimum Gasteiger partial charge on any atom is -0.336 e. The van der Waals surface area contributed by atoms with Gasteiger partial charge >= 0.3 is 0 Å². The van der Waals surface area contributed by atoms with Crippen molar-refractivity contribution in [3.8, 4) is 0 Å². The van der Waals surface area contributed by atoms with Gasteiger partial charge in [-0.15, -0.1) is 0 Å². The maximum Gasteiger partial charge on any atom is 0.290 e. The van der Waals surface area contributed by atoms with Gasteiger partial charge in [-0.2, -0.15) is 0 Å². The number of carbonyl (C=O) groups excluding carboxylic acids is 2. The van der Waals surface area contributed by atoms with Crippen molar-refractivity contribution in [1.29, 1.82) is 0 Å². The fraction of sp³-hybridized carbons (Fsp3) is 0.550. The van der Waals surface area contributed by atoms with Gasteiger partial charge in [0, 0.05) is 13.1 Å². The van der Waals surface area contributed by atoms with Crippen molar-refractivity contribution in [3.63, 3.8) is 0 Å². The molecule has 2 aliphatic rings. The van der Waals surface area contributed by atoms with Crippen LogP contribution in [0.2, 0.25) is 0 Å². The molecule has 1 N–H and O–H groups in total. The van der Waals surface area contributed by atoms with E-state index in [-0.39, 0.29) is 30.2 Å². The van der Waals surface area contributed by atoms with E-state index in [1.807, 2.05) is 38.2 Å². The first-order chi connectivity index (χ1) is 12.6. The summed E-state index contributed by atoms with van der Waals surface area (Å²) in [7, 11) is 1.85. The molecule has 0 aromatic heterocycles. The zero-order valence-corrected chi connectivity index (χ0v) is 15.7. The van der Waals surface area contributed by atoms with Crippen LogP contribution in [0.25, 0.3) is 0 Å². The maximum absolute atomic E-state index is 12.9. The second kappa shape index (κ2) is 8.34. The minimum atomic E-state index is -0.168. The lowest BCUT2D eigenvalue weighted by Gasteiger charge is -2.33. The van der Waals surface area contributed by atoms with Crippen molar-refractivity contribution < 1.29 is 9.59 Å². The van der Waals surface area contributed by atoms with Crippen LogP contribution in [0, 0.1) is 6.92 Å². The molecule has 6 heteroatoms. The number of aliphatic imine (C=N–C) groups is 1. The van der Waals surface area contributed by atoms with Crippen LogP contribution >= 0.6 is 0 Å². The topological polar surface area (TPSA) is 65.0 Å². The quantitative estimate of drug-likeness (QED) is 0.906. The third-order valence-electron chi connectivity index (χ3n) is 5.28. The highest BCUT2D eigenvalue weighted by atomic mass is 16.2. The molecule has 3 rings (SSSR count). The van der Waals surface area contributed by atoms with Crippen LogP contribution in [-0.4, -0.2) is 42.2 Å². The lowest BCUT2D eigenvalue weighted by molar-refractivity contribution is -0.125. The Balaban J connectivity index is 1.70. The molecule has 0 atom stereocenters. The second-order valence-corrected chi connectivity index (χ2v) is 7.26. The molecule has 0 saturated heterocycles. The van der Waals surface area contributed by atoms with E-state index in [9.17, 15) is 9.59 Å². The zero-order chi connectivity index (χ0) is 18.5. The number of nitrogens with one attached hydrogen (secondary N) is 1. The van der Waals surface area contributed by atoms with E-state index in [0.29, 0.717) is 0 Å². The van der Waals surface area contributed by atoms with Gasteiger partial charge in [-0.25, -0.2) is 5.01 Å². The first-order valence-corrected chi connectivity index (χ1v) is 9.54. The average Bonchev–Trinajstić information content (AvgIpc) is 2.62. The molecule has 1 heterocycles. The van der Waals surface area contributed by atoms with Crippen LogP contribution in [0.4, 0.5) is 5.69 Å². The molecule has 26 heavy (non-hydrogen) atoms. The van der Waals surface area contributed by atoms with Crippen LogP contribution in [0.5, 0.6) is 0 Å². The molecule has 1 aromatic rings. The summed E-state index contributed by atoms with van der Waals surface area (Å²) in [5.74, 6) is -0.0612. The predicted molar refractivity (Wildman–Crippen MR) is 103 cm³/mol. The molecule has 0 unspecified atom stereocenters. The molecule has 1 fully saturated rings. The number of carbonyl (C=O) groups is 2. The molecule has 1 aromatic carbocycles. The molecule has 2 amide bonds. The first-order valence-electron chi connectivity index (χ1n) is 9.54. The number of amidine groups is 1. The third kappa shape index (κ3) is 4.23. The van der Waals surface area contributed by atoms with Gasteiger partial charge in [0.2, 0.25) is 5.84 Å². The lowest BCUT2D eigenvalue weighted by atomic mass is 9.96. The summed E-state index contributed by atoms with van der Waals surface area (Å²) < 4.78 is 0. The molecule has 0 bridgehead atoms. The summed E-state index contributed by atoms with van der Waals surface area (Å²) in [6.45, 7) is 1.98. The monoisotopic (exact) mass is 356 g/mol. The van der Waals surface area contributed by atoms with E-state index < -0.39 is 0 Å². The van der Waals surface area contributed by atoms with E-state index in [4.69, 9.17) is 0 Å². The van der Waals surface area contributed by atoms with Crippen molar-refractivity contribution in [2.45, 2.75) is 57.9 Å². The number of amides is 2. The summed E-state index contributed by atoms with van der Waals surface area (Å²) >= 11 is 0. The maximum atomic E-state index is 12.9. The van der Waals surface area contributed by atoms with Gasteiger partial charge in [0.25, 0.3) is 11.8 Å². The van der Waals surface area contributed by atoms with Gasteiger partial charge in [-0.1, -0.05) is 49.8 Å². The van der Waals surface area contributed by atoms with E-state index in [1.165, 1.54) is 24.3 Å². The highest BCUT2D eigenvalue weighted by Gasteiger charge is 2.30. The molecule has 6 nitrogen and oxygen atoms in total. The van der Waals surface area contributed by atoms with Crippen LogP contribution in [-0.2, 0) is 9.59 Å². The van der Waals surface area contributed by atoms with Crippen molar-refractivity contribution in [3.05, 3.63) is 29.8 Å². The Morgan fingerprint density at radius 3 is 2.38 bits per heavy atom. The molecule has 0 spiro atoms. The summed E-state index contributed by atoms with van der Waals surface area (Å²) in [5.41, 5.74) is 4.76. The van der Waals surface area contributed by atoms with Crippen LogP contribution in [0.1, 0.15) is 50.5 Å². The Kier molecular flexibility index (Phi) is 5.91. The third-order valence-corrected chi connectivity index (χ3v) is 5.28. The Morgan fingerprint density at radius 1 is 1.12 bits per heavy atom. The Hall–Kier alpha value is -2.37. The predicted octanol–water partition coefficient (Wildman–Crippen LogP) is 2.82. The molecule has 140 valence electrons. The van der Waals surface area contributed by atoms with Crippen molar-refractivity contribution >= 4 is 23.3 Å². The van der Waals surface area contributed by atoms with Crippen LogP contribution in [0.3, 0.4) is 0 Å². The molecular formula is C20H28N4O2. The molecule has 1 aliphatic heterocycles. The molecule has 1 aliphatic carbocycles. The summed E-state index contributed by atoms with van der Waals surface area (Å²) in [5, 5.41) is 1.42. The van der Waals surface area contributed by atoms with Crippen LogP contribution < -0.4 is 10.4 Å². The van der Waals surface area contributed by atoms with Gasteiger partial charge in [0.1, 0.15) is 6.54 Å².